The van der Waals surface area contributed by atoms with Gasteiger partial charge in [-0.1, -0.05) is 59.7 Å². The van der Waals surface area contributed by atoms with E-state index in [1.165, 1.54) is 0 Å². The molecule has 0 aliphatic heterocycles. The Bertz CT molecular complexity index is 1620. The van der Waals surface area contributed by atoms with Crippen molar-refractivity contribution in [3.8, 4) is 5.69 Å². The Morgan fingerprint density at radius 3 is 2.29 bits per heavy atom. The molecule has 156 valence electrons. The summed E-state index contributed by atoms with van der Waals surface area (Å²) in [4.78, 5) is 4.66. The summed E-state index contributed by atoms with van der Waals surface area (Å²) in [6.07, 6.45) is 1.75. The molecule has 0 N–H and O–H groups in total. The summed E-state index contributed by atoms with van der Waals surface area (Å²) in [6.45, 7) is 13.4. The first kappa shape index (κ1) is 16.6. The molecule has 0 saturated carbocycles. The minimum atomic E-state index is -0.257. The number of hydrogen-bond donors (Lipinski definition) is 0. The normalized spacial score (nSPS) is 19.7. The van der Waals surface area contributed by atoms with E-state index in [0.717, 1.165) is 38.8 Å². The molecule has 0 bridgehead atoms. The van der Waals surface area contributed by atoms with Gasteiger partial charge in [-0.3, -0.25) is 4.57 Å². The van der Waals surface area contributed by atoms with E-state index in [9.17, 15) is 1.37 Å². The van der Waals surface area contributed by atoms with Gasteiger partial charge in [-0.2, -0.15) is 0 Å². The second kappa shape index (κ2) is 5.59. The van der Waals surface area contributed by atoms with Gasteiger partial charge >= 0.3 is 0 Å². The Kier molecular flexibility index (Phi) is 2.99. The van der Waals surface area contributed by atoms with Crippen LogP contribution in [0.25, 0.3) is 38.7 Å². The minimum absolute atomic E-state index is 0.119. The maximum atomic E-state index is 9.33. The second-order valence-corrected chi connectivity index (χ2v) is 10.5. The molecule has 0 saturated heterocycles. The number of rotatable bonds is 1. The van der Waals surface area contributed by atoms with Gasteiger partial charge in [0.2, 0.25) is 0 Å². The van der Waals surface area contributed by atoms with Gasteiger partial charge in [0.05, 0.1) is 13.8 Å². The predicted molar refractivity (Wildman–Crippen MR) is 128 cm³/mol. The van der Waals surface area contributed by atoms with Crippen molar-refractivity contribution in [3.63, 3.8) is 0 Å². The Labute approximate surface area is 185 Å². The van der Waals surface area contributed by atoms with Gasteiger partial charge in [0.25, 0.3) is 0 Å². The highest BCUT2D eigenvalue weighted by atomic mass is 16.3. The fourth-order valence-corrected chi connectivity index (χ4v) is 5.32. The quantitative estimate of drug-likeness (QED) is 0.286. The molecular formula is C28H28N2O. The summed E-state index contributed by atoms with van der Waals surface area (Å²) in [5, 5.41) is 2.10. The van der Waals surface area contributed by atoms with Crippen molar-refractivity contribution < 1.29 is 7.16 Å². The molecule has 0 atom stereocenters. The molecule has 6 rings (SSSR count). The minimum Gasteiger partial charge on any atom is -0.456 e. The molecule has 1 aliphatic rings. The van der Waals surface area contributed by atoms with Gasteiger partial charge in [0, 0.05) is 16.5 Å². The van der Waals surface area contributed by atoms with Gasteiger partial charge in [0.1, 0.15) is 17.5 Å². The van der Waals surface area contributed by atoms with Crippen molar-refractivity contribution in [2.24, 2.45) is 5.41 Å². The summed E-state index contributed by atoms with van der Waals surface area (Å²) in [6, 6.07) is 15.0. The number of benzene rings is 3. The summed E-state index contributed by atoms with van der Waals surface area (Å²) in [7, 11) is 0. The fraction of sp³-hybridized carbons (Fsp3) is 0.321. The molecule has 5 aromatic rings. The number of furan rings is 1. The summed E-state index contributed by atoms with van der Waals surface area (Å²) >= 11 is 0. The van der Waals surface area contributed by atoms with E-state index in [-0.39, 0.29) is 16.2 Å². The molecule has 31 heavy (non-hydrogen) atoms. The van der Waals surface area contributed by atoms with Crippen LogP contribution < -0.4 is 0 Å². The van der Waals surface area contributed by atoms with E-state index in [1.54, 1.807) is 6.33 Å². The maximum Gasteiger partial charge on any atom is 0.135 e. The lowest BCUT2D eigenvalue weighted by Gasteiger charge is -2.44. The first-order valence-electron chi connectivity index (χ1n) is 11.9. The standard InChI is InChI=1S/C28H28N2O/c1-26(2)20-14-22-23(15-21(20)27(3,4)28(26,5)6)30(16-29-22)17-11-12-25-19(13-17)18-9-7-8-10-24(18)31-25/h7-16H,1-6H3/i14D,15D. The van der Waals surface area contributed by atoms with Crippen LogP contribution in [0, 0.1) is 5.41 Å². The van der Waals surface area contributed by atoms with Crippen LogP contribution in [0.3, 0.4) is 0 Å². The summed E-state index contributed by atoms with van der Waals surface area (Å²) in [5.41, 5.74) is 5.23. The maximum absolute atomic E-state index is 9.33. The third-order valence-corrected chi connectivity index (χ3v) is 8.52. The number of fused-ring (bicyclic) bond motifs is 5. The number of imidazole rings is 1. The lowest BCUT2D eigenvalue weighted by Crippen LogP contribution is -2.42. The molecule has 0 radical (unpaired) electrons. The zero-order valence-corrected chi connectivity index (χ0v) is 18.9. The Hall–Kier alpha value is -3.07. The topological polar surface area (TPSA) is 31.0 Å². The SMILES string of the molecule is [2H]c1c2c(c([2H])c3c1ncn3-c1ccc3oc4ccccc4c3c1)C(C)(C)C(C)(C)C2(C)C. The van der Waals surface area contributed by atoms with Crippen LogP contribution >= 0.6 is 0 Å². The van der Waals surface area contributed by atoms with Crippen LogP contribution in [0.1, 0.15) is 55.4 Å². The van der Waals surface area contributed by atoms with Crippen molar-refractivity contribution in [2.75, 3.05) is 0 Å². The third-order valence-electron chi connectivity index (χ3n) is 8.52. The van der Waals surface area contributed by atoms with Gasteiger partial charge in [0.15, 0.2) is 0 Å². The highest BCUT2D eigenvalue weighted by molar-refractivity contribution is 6.05. The Morgan fingerprint density at radius 1 is 0.839 bits per heavy atom. The van der Waals surface area contributed by atoms with E-state index < -0.39 is 0 Å². The van der Waals surface area contributed by atoms with Gasteiger partial charge in [-0.05, 0) is 63.7 Å². The lowest BCUT2D eigenvalue weighted by atomic mass is 9.59. The van der Waals surface area contributed by atoms with Crippen molar-refractivity contribution in [2.45, 2.75) is 52.4 Å². The summed E-state index contributed by atoms with van der Waals surface area (Å²) < 4.78 is 26.4. The van der Waals surface area contributed by atoms with E-state index in [1.807, 2.05) is 34.9 Å². The molecule has 2 heterocycles. The van der Waals surface area contributed by atoms with E-state index in [2.05, 4.69) is 58.7 Å². The molecule has 0 amide bonds. The zero-order chi connectivity index (χ0) is 23.5. The number of para-hydroxylation sites is 1. The highest BCUT2D eigenvalue weighted by Gasteiger charge is 2.56. The first-order chi connectivity index (χ1) is 15.5. The molecule has 0 spiro atoms. The van der Waals surface area contributed by atoms with Crippen LogP contribution in [0.15, 0.2) is 65.3 Å². The summed E-state index contributed by atoms with van der Waals surface area (Å²) in [5.74, 6) is 0. The van der Waals surface area contributed by atoms with Crippen LogP contribution in [0.4, 0.5) is 0 Å². The average Bonchev–Trinajstić information content (AvgIpc) is 3.39. The third kappa shape index (κ3) is 2.16. The van der Waals surface area contributed by atoms with E-state index in [4.69, 9.17) is 5.79 Å². The van der Waals surface area contributed by atoms with Crippen LogP contribution in [-0.2, 0) is 10.8 Å². The van der Waals surface area contributed by atoms with Crippen molar-refractivity contribution in [1.82, 2.24) is 9.55 Å². The Balaban J connectivity index is 1.68. The van der Waals surface area contributed by atoms with Gasteiger partial charge in [-0.25, -0.2) is 4.98 Å². The van der Waals surface area contributed by atoms with Gasteiger partial charge < -0.3 is 4.42 Å². The number of hydrogen-bond acceptors (Lipinski definition) is 2. The Morgan fingerprint density at radius 2 is 1.52 bits per heavy atom. The lowest BCUT2D eigenvalue weighted by molar-refractivity contribution is 0.125. The van der Waals surface area contributed by atoms with Gasteiger partial charge in [-0.15, -0.1) is 0 Å². The molecule has 2 aromatic heterocycles. The predicted octanol–water partition coefficient (Wildman–Crippen LogP) is 7.52. The van der Waals surface area contributed by atoms with Crippen LogP contribution in [0.2, 0.25) is 0 Å². The van der Waals surface area contributed by atoms with Crippen molar-refractivity contribution in [1.29, 1.82) is 0 Å². The largest absolute Gasteiger partial charge is 0.456 e. The van der Waals surface area contributed by atoms with Crippen LogP contribution in [-0.4, -0.2) is 9.55 Å². The van der Waals surface area contributed by atoms with E-state index in [0.29, 0.717) is 23.1 Å². The van der Waals surface area contributed by atoms with Crippen molar-refractivity contribution in [3.05, 3.63) is 72.0 Å². The average molecular weight is 411 g/mol. The van der Waals surface area contributed by atoms with Crippen molar-refractivity contribution >= 4 is 33.0 Å². The molecule has 0 unspecified atom stereocenters. The van der Waals surface area contributed by atoms with E-state index >= 15 is 0 Å². The molecule has 3 aromatic carbocycles. The molecular weight excluding hydrogens is 380 g/mol. The molecule has 0 fully saturated rings. The smallest absolute Gasteiger partial charge is 0.135 e. The highest BCUT2D eigenvalue weighted by Crippen LogP contribution is 2.61. The monoisotopic (exact) mass is 410 g/mol. The number of aromatic nitrogens is 2. The molecule has 3 heteroatoms. The molecule has 1 aliphatic carbocycles. The first-order valence-corrected chi connectivity index (χ1v) is 10.9. The molecule has 3 nitrogen and oxygen atoms in total. The fourth-order valence-electron chi connectivity index (χ4n) is 5.32. The number of nitrogens with zero attached hydrogens (tertiary/aromatic N) is 2. The second-order valence-electron chi connectivity index (χ2n) is 10.5. The zero-order valence-electron chi connectivity index (χ0n) is 20.9. The van der Waals surface area contributed by atoms with Crippen LogP contribution in [0.5, 0.6) is 0 Å².